The molecule has 0 aliphatic rings. The van der Waals surface area contributed by atoms with Crippen molar-refractivity contribution in [3.63, 3.8) is 0 Å². The second kappa shape index (κ2) is 4.40. The van der Waals surface area contributed by atoms with Crippen LogP contribution in [0.2, 0.25) is 0 Å². The Labute approximate surface area is 61.3 Å². The fraction of sp³-hybridized carbons (Fsp3) is 0.800. The number of hydrogen-bond acceptors (Lipinski definition) is 3. The Morgan fingerprint density at radius 2 is 2.20 bits per heavy atom. The maximum atomic E-state index is 10.7. The normalized spacial score (nSPS) is 16.2. The lowest BCUT2D eigenvalue weighted by atomic mass is 10.5. The Morgan fingerprint density at radius 3 is 2.50 bits per heavy atom. The van der Waals surface area contributed by atoms with Crippen LogP contribution < -0.4 is 0 Å². The van der Waals surface area contributed by atoms with Gasteiger partial charge in [-0.15, -0.1) is 0 Å². The standard InChI is InChI=1S/C5H10O4S/c1-2-5(8)10(9)3-4(6)7/h5,8H,2-3H2,1H3,(H,6,7). The molecule has 2 unspecified atom stereocenters. The van der Waals surface area contributed by atoms with Crippen molar-refractivity contribution < 1.29 is 19.2 Å². The molecular weight excluding hydrogens is 156 g/mol. The van der Waals surface area contributed by atoms with Crippen LogP contribution in [-0.2, 0) is 15.6 Å². The average Bonchev–Trinajstić information content (AvgIpc) is 1.85. The van der Waals surface area contributed by atoms with Crippen molar-refractivity contribution in [2.75, 3.05) is 5.75 Å². The molecule has 0 heterocycles. The summed E-state index contributed by atoms with van der Waals surface area (Å²) in [7, 11) is -1.64. The number of carboxylic acid groups (broad SMARTS) is 1. The maximum absolute atomic E-state index is 10.7. The SMILES string of the molecule is CCC(O)S(=O)CC(=O)O. The summed E-state index contributed by atoms with van der Waals surface area (Å²) in [6, 6.07) is 0. The second-order valence-electron chi connectivity index (χ2n) is 1.78. The minimum Gasteiger partial charge on any atom is -0.481 e. The zero-order valence-corrected chi connectivity index (χ0v) is 6.43. The summed E-state index contributed by atoms with van der Waals surface area (Å²) in [5.74, 6) is -1.62. The highest BCUT2D eigenvalue weighted by atomic mass is 32.2. The summed E-state index contributed by atoms with van der Waals surface area (Å²) < 4.78 is 10.7. The third-order valence-electron chi connectivity index (χ3n) is 0.918. The molecule has 5 heteroatoms. The van der Waals surface area contributed by atoms with Gasteiger partial charge in [0, 0.05) is 0 Å². The first-order valence-corrected chi connectivity index (χ1v) is 4.23. The van der Waals surface area contributed by atoms with E-state index in [1.165, 1.54) is 0 Å². The third-order valence-corrected chi connectivity index (χ3v) is 2.39. The lowest BCUT2D eigenvalue weighted by molar-refractivity contribution is -0.134. The lowest BCUT2D eigenvalue weighted by Crippen LogP contribution is -2.20. The van der Waals surface area contributed by atoms with Crippen LogP contribution in [0.4, 0.5) is 0 Å². The van der Waals surface area contributed by atoms with E-state index in [9.17, 15) is 9.00 Å². The van der Waals surface area contributed by atoms with Gasteiger partial charge in [0.05, 0.1) is 10.8 Å². The van der Waals surface area contributed by atoms with Gasteiger partial charge in [-0.25, -0.2) is 0 Å². The van der Waals surface area contributed by atoms with E-state index in [0.717, 1.165) is 0 Å². The summed E-state index contributed by atoms with van der Waals surface area (Å²) in [5, 5.41) is 16.9. The zero-order valence-electron chi connectivity index (χ0n) is 5.61. The van der Waals surface area contributed by atoms with E-state index >= 15 is 0 Å². The summed E-state index contributed by atoms with van der Waals surface area (Å²) >= 11 is 0. The van der Waals surface area contributed by atoms with E-state index in [2.05, 4.69) is 0 Å². The highest BCUT2D eigenvalue weighted by Crippen LogP contribution is 1.96. The molecule has 0 aromatic carbocycles. The first-order valence-electron chi connectivity index (χ1n) is 2.85. The van der Waals surface area contributed by atoms with Crippen LogP contribution in [0, 0.1) is 0 Å². The van der Waals surface area contributed by atoms with Gasteiger partial charge in [-0.1, -0.05) is 6.92 Å². The van der Waals surface area contributed by atoms with E-state index < -0.39 is 28.0 Å². The number of aliphatic hydroxyl groups excluding tert-OH is 1. The summed E-state index contributed by atoms with van der Waals surface area (Å²) in [4.78, 5) is 9.93. The van der Waals surface area contributed by atoms with E-state index in [1.54, 1.807) is 6.92 Å². The van der Waals surface area contributed by atoms with E-state index in [4.69, 9.17) is 10.2 Å². The van der Waals surface area contributed by atoms with Gasteiger partial charge in [0.15, 0.2) is 0 Å². The quantitative estimate of drug-likeness (QED) is 0.593. The Kier molecular flexibility index (Phi) is 4.22. The largest absolute Gasteiger partial charge is 0.481 e. The van der Waals surface area contributed by atoms with Gasteiger partial charge in [-0.3, -0.25) is 9.00 Å². The molecule has 0 amide bonds. The van der Waals surface area contributed by atoms with E-state index in [0.29, 0.717) is 6.42 Å². The molecule has 0 aromatic rings. The van der Waals surface area contributed by atoms with Gasteiger partial charge in [-0.2, -0.15) is 0 Å². The molecule has 0 aliphatic heterocycles. The first-order chi connectivity index (χ1) is 4.57. The van der Waals surface area contributed by atoms with Crippen molar-refractivity contribution in [3.05, 3.63) is 0 Å². The fourth-order valence-corrected chi connectivity index (χ4v) is 1.21. The molecule has 0 radical (unpaired) electrons. The summed E-state index contributed by atoms with van der Waals surface area (Å²) in [6.07, 6.45) is 0.319. The van der Waals surface area contributed by atoms with Crippen LogP contribution in [0.5, 0.6) is 0 Å². The van der Waals surface area contributed by atoms with Crippen molar-refractivity contribution in [3.8, 4) is 0 Å². The smallest absolute Gasteiger partial charge is 0.316 e. The molecule has 0 aliphatic carbocycles. The van der Waals surface area contributed by atoms with Gasteiger partial charge in [-0.05, 0) is 6.42 Å². The Bertz CT molecular complexity index is 145. The molecule has 2 atom stereocenters. The summed E-state index contributed by atoms with van der Waals surface area (Å²) in [5.41, 5.74) is -1.00. The molecule has 0 saturated heterocycles. The van der Waals surface area contributed by atoms with Crippen molar-refractivity contribution >= 4 is 16.8 Å². The maximum Gasteiger partial charge on any atom is 0.316 e. The van der Waals surface area contributed by atoms with E-state index in [1.807, 2.05) is 0 Å². The highest BCUT2D eigenvalue weighted by Gasteiger charge is 2.13. The minimum atomic E-state index is -1.64. The summed E-state index contributed by atoms with van der Waals surface area (Å²) in [6.45, 7) is 1.64. The van der Waals surface area contributed by atoms with Crippen molar-refractivity contribution in [2.45, 2.75) is 18.8 Å². The molecule has 0 bridgehead atoms. The Balaban J connectivity index is 3.73. The van der Waals surface area contributed by atoms with Crippen molar-refractivity contribution in [2.24, 2.45) is 0 Å². The number of carbonyl (C=O) groups is 1. The number of rotatable bonds is 4. The minimum absolute atomic E-state index is 0.319. The van der Waals surface area contributed by atoms with E-state index in [-0.39, 0.29) is 0 Å². The third kappa shape index (κ3) is 3.58. The molecule has 10 heavy (non-hydrogen) atoms. The highest BCUT2D eigenvalue weighted by molar-refractivity contribution is 7.86. The lowest BCUT2D eigenvalue weighted by Gasteiger charge is -2.03. The van der Waals surface area contributed by atoms with Gasteiger partial charge in [0.1, 0.15) is 11.2 Å². The molecule has 60 valence electrons. The van der Waals surface area contributed by atoms with Crippen molar-refractivity contribution in [1.82, 2.24) is 0 Å². The predicted octanol–water partition coefficient (Wildman–Crippen LogP) is -0.452. The van der Waals surface area contributed by atoms with Crippen LogP contribution in [0.15, 0.2) is 0 Å². The van der Waals surface area contributed by atoms with Gasteiger partial charge in [0.2, 0.25) is 0 Å². The second-order valence-corrected chi connectivity index (χ2v) is 3.38. The number of aliphatic carboxylic acids is 1. The van der Waals surface area contributed by atoms with Crippen molar-refractivity contribution in [1.29, 1.82) is 0 Å². The van der Waals surface area contributed by atoms with Gasteiger partial charge < -0.3 is 10.2 Å². The molecule has 0 rings (SSSR count). The van der Waals surface area contributed by atoms with Crippen LogP contribution in [0.1, 0.15) is 13.3 Å². The number of aliphatic hydroxyl groups is 1. The first kappa shape index (κ1) is 9.58. The molecular formula is C5H10O4S. The zero-order chi connectivity index (χ0) is 8.15. The number of hydrogen-bond donors (Lipinski definition) is 2. The molecule has 0 aromatic heterocycles. The molecule has 0 fully saturated rings. The number of carboxylic acids is 1. The van der Waals surface area contributed by atoms with Gasteiger partial charge >= 0.3 is 5.97 Å². The van der Waals surface area contributed by atoms with Gasteiger partial charge in [0.25, 0.3) is 0 Å². The van der Waals surface area contributed by atoms with Crippen LogP contribution in [-0.4, -0.2) is 31.6 Å². The topological polar surface area (TPSA) is 74.6 Å². The Morgan fingerprint density at radius 1 is 1.70 bits per heavy atom. The average molecular weight is 166 g/mol. The molecule has 0 spiro atoms. The monoisotopic (exact) mass is 166 g/mol. The molecule has 4 nitrogen and oxygen atoms in total. The molecule has 0 saturated carbocycles. The fourth-order valence-electron chi connectivity index (χ4n) is 0.404. The van der Waals surface area contributed by atoms with Crippen LogP contribution in [0.3, 0.4) is 0 Å². The van der Waals surface area contributed by atoms with Crippen LogP contribution >= 0.6 is 0 Å². The molecule has 2 N–H and O–H groups in total. The predicted molar refractivity (Wildman–Crippen MR) is 36.9 cm³/mol. The van der Waals surface area contributed by atoms with Crippen LogP contribution in [0.25, 0.3) is 0 Å². The Hall–Kier alpha value is -0.420.